The molecule has 0 saturated carbocycles. The molecule has 5 rings (SSSR count). The number of nitrogens with zero attached hydrogens (tertiary/aromatic N) is 2. The Morgan fingerprint density at radius 1 is 0.700 bits per heavy atom. The van der Waals surface area contributed by atoms with Crippen molar-refractivity contribution >= 4 is 58.5 Å². The number of carbonyl (C=O) groups excluding carboxylic acids is 8. The molecule has 4 amide bonds. The number of methoxy groups -OCH3 is 2. The topological polar surface area (TPSA) is 217 Å². The van der Waals surface area contributed by atoms with Crippen LogP contribution >= 0.6 is 0 Å². The summed E-state index contributed by atoms with van der Waals surface area (Å²) in [5, 5.41) is 5.66. The zero-order valence-corrected chi connectivity index (χ0v) is 34.9. The first-order chi connectivity index (χ1) is 28.6. The van der Waals surface area contributed by atoms with Crippen LogP contribution < -0.4 is 10.6 Å². The molecular weight excluding hydrogens is 780 g/mol. The van der Waals surface area contributed by atoms with Gasteiger partial charge in [-0.25, -0.2) is 19.2 Å². The number of Topliss-reactive ketones (excluding diaryl/α,β-unsaturated/α-hetero) is 2. The van der Waals surface area contributed by atoms with Gasteiger partial charge in [-0.05, 0) is 67.7 Å². The van der Waals surface area contributed by atoms with Crippen molar-refractivity contribution in [2.75, 3.05) is 40.5 Å². The molecule has 2 aliphatic rings. The Morgan fingerprint density at radius 3 is 1.65 bits per heavy atom. The van der Waals surface area contributed by atoms with E-state index >= 15 is 0 Å². The Balaban J connectivity index is 1.21. The molecule has 4 atom stereocenters. The number of rotatable bonds is 15. The SMILES string of the molecule is COC(=O)N[C@H](C(=O)N1CCC[C@H]1C(=O)OCC(=O)c1ccc(-c2ccc(C(=O)COC(=O)[C@@H]3CCCN3C(=O)[C@@H](NC(=O)OC)C(C)C)c3oc(C)cc23)cc1)C(C)C. The summed E-state index contributed by atoms with van der Waals surface area (Å²) in [6.07, 6.45) is 0.261. The lowest BCUT2D eigenvalue weighted by molar-refractivity contribution is -0.153. The second kappa shape index (κ2) is 19.7. The third-order valence-corrected chi connectivity index (χ3v) is 10.7. The van der Waals surface area contributed by atoms with Crippen molar-refractivity contribution in [1.29, 1.82) is 0 Å². The number of hydrogen-bond acceptors (Lipinski definition) is 13. The maximum absolute atomic E-state index is 13.5. The fourth-order valence-corrected chi connectivity index (χ4v) is 7.49. The summed E-state index contributed by atoms with van der Waals surface area (Å²) in [4.78, 5) is 106. The first kappa shape index (κ1) is 44.8. The highest BCUT2D eigenvalue weighted by atomic mass is 16.6. The minimum absolute atomic E-state index is 0.187. The third kappa shape index (κ3) is 10.1. The number of likely N-dealkylation sites (tertiary alicyclic amines) is 2. The van der Waals surface area contributed by atoms with E-state index in [1.54, 1.807) is 77.1 Å². The summed E-state index contributed by atoms with van der Waals surface area (Å²) >= 11 is 0. The third-order valence-electron chi connectivity index (χ3n) is 10.7. The van der Waals surface area contributed by atoms with Crippen molar-refractivity contribution in [3.05, 3.63) is 59.4 Å². The quantitative estimate of drug-likeness (QED) is 0.122. The molecule has 3 aromatic rings. The molecule has 2 N–H and O–H groups in total. The minimum Gasteiger partial charge on any atom is -0.461 e. The maximum atomic E-state index is 13.5. The van der Waals surface area contributed by atoms with Crippen LogP contribution in [0.3, 0.4) is 0 Å². The van der Waals surface area contributed by atoms with Gasteiger partial charge in [0.2, 0.25) is 17.6 Å². The number of fused-ring (bicyclic) bond motifs is 1. The number of furan rings is 1. The van der Waals surface area contributed by atoms with Crippen molar-refractivity contribution in [3.8, 4) is 11.1 Å². The summed E-state index contributed by atoms with van der Waals surface area (Å²) < 4.78 is 26.1. The number of ketones is 2. The van der Waals surface area contributed by atoms with Crippen LogP contribution in [0.5, 0.6) is 0 Å². The van der Waals surface area contributed by atoms with Gasteiger partial charge in [-0.2, -0.15) is 0 Å². The molecule has 2 saturated heterocycles. The average Bonchev–Trinajstić information content (AvgIpc) is 4.02. The Labute approximate surface area is 347 Å². The molecule has 322 valence electrons. The Bertz CT molecular complexity index is 2130. The van der Waals surface area contributed by atoms with E-state index in [0.717, 1.165) is 0 Å². The number of aryl methyl sites for hydroxylation is 1. The van der Waals surface area contributed by atoms with Gasteiger partial charge in [-0.3, -0.25) is 19.2 Å². The fourth-order valence-electron chi connectivity index (χ4n) is 7.49. The molecule has 0 aliphatic carbocycles. The molecule has 60 heavy (non-hydrogen) atoms. The van der Waals surface area contributed by atoms with Gasteiger partial charge in [0.15, 0.2) is 19.0 Å². The van der Waals surface area contributed by atoms with Crippen LogP contribution in [0.2, 0.25) is 0 Å². The lowest BCUT2D eigenvalue weighted by atomic mass is 9.96. The first-order valence-electron chi connectivity index (χ1n) is 19.9. The number of nitrogens with one attached hydrogen (secondary N) is 2. The van der Waals surface area contributed by atoms with Crippen LogP contribution in [0.1, 0.15) is 79.9 Å². The number of ether oxygens (including phenoxy) is 4. The zero-order valence-electron chi connectivity index (χ0n) is 34.9. The molecule has 1 aromatic heterocycles. The lowest BCUT2D eigenvalue weighted by Gasteiger charge is -2.29. The molecule has 2 aromatic carbocycles. The monoisotopic (exact) mass is 832 g/mol. The highest BCUT2D eigenvalue weighted by molar-refractivity contribution is 6.11. The van der Waals surface area contributed by atoms with Gasteiger partial charge in [-0.15, -0.1) is 0 Å². The van der Waals surface area contributed by atoms with E-state index in [1.807, 2.05) is 0 Å². The van der Waals surface area contributed by atoms with Gasteiger partial charge in [0.05, 0.1) is 19.8 Å². The van der Waals surface area contributed by atoms with Crippen LogP contribution in [0.15, 0.2) is 46.9 Å². The van der Waals surface area contributed by atoms with E-state index in [0.29, 0.717) is 54.5 Å². The van der Waals surface area contributed by atoms with Gasteiger partial charge in [0.25, 0.3) is 0 Å². The Morgan fingerprint density at radius 2 is 1.18 bits per heavy atom. The summed E-state index contributed by atoms with van der Waals surface area (Å²) in [6.45, 7) is 8.23. The number of benzene rings is 2. The average molecular weight is 833 g/mol. The van der Waals surface area contributed by atoms with Crippen LogP contribution in [0.25, 0.3) is 22.1 Å². The summed E-state index contributed by atoms with van der Waals surface area (Å²) in [7, 11) is 2.39. The van der Waals surface area contributed by atoms with E-state index in [-0.39, 0.29) is 35.1 Å². The fraction of sp³-hybridized carbons (Fsp3) is 0.488. The second-order valence-electron chi connectivity index (χ2n) is 15.5. The minimum atomic E-state index is -0.921. The summed E-state index contributed by atoms with van der Waals surface area (Å²) in [5.41, 5.74) is 2.15. The van der Waals surface area contributed by atoms with E-state index < -0.39 is 84.9 Å². The van der Waals surface area contributed by atoms with Crippen LogP contribution in [-0.2, 0) is 38.1 Å². The van der Waals surface area contributed by atoms with Gasteiger partial charge >= 0.3 is 24.1 Å². The molecule has 0 spiro atoms. The largest absolute Gasteiger partial charge is 0.461 e. The predicted octanol–water partition coefficient (Wildman–Crippen LogP) is 4.60. The van der Waals surface area contributed by atoms with E-state index in [9.17, 15) is 38.4 Å². The number of amides is 4. The van der Waals surface area contributed by atoms with Crippen LogP contribution in [0.4, 0.5) is 9.59 Å². The van der Waals surface area contributed by atoms with Crippen molar-refractivity contribution < 1.29 is 61.7 Å². The standard InChI is InChI=1S/C43H52N4O13/c1-23(2)35(44-42(54)56-6)38(50)46-18-8-10-31(46)40(52)58-21-33(48)27-14-12-26(13-15-27)28-16-17-29(37-30(28)20-25(5)60-37)34(49)22-59-41(53)32-11-9-19-47(32)39(51)36(24(3)4)45-43(55)57-7/h12-17,20,23-24,31-32,35-36H,8-11,18-19,21-22H2,1-7H3,(H,44,54)(H,45,55)/t31-,32-,35-,36-/m0/s1. The van der Waals surface area contributed by atoms with E-state index in [2.05, 4.69) is 20.1 Å². The molecule has 0 unspecified atom stereocenters. The second-order valence-corrected chi connectivity index (χ2v) is 15.5. The van der Waals surface area contributed by atoms with Gasteiger partial charge in [0.1, 0.15) is 35.5 Å². The van der Waals surface area contributed by atoms with Gasteiger partial charge < -0.3 is 43.8 Å². The van der Waals surface area contributed by atoms with Crippen molar-refractivity contribution in [1.82, 2.24) is 20.4 Å². The lowest BCUT2D eigenvalue weighted by Crippen LogP contribution is -2.54. The van der Waals surface area contributed by atoms with Crippen LogP contribution in [-0.4, -0.2) is 122 Å². The van der Waals surface area contributed by atoms with Crippen molar-refractivity contribution in [2.45, 2.75) is 84.5 Å². The Hall–Kier alpha value is -6.26. The molecule has 0 radical (unpaired) electrons. The summed E-state index contributed by atoms with van der Waals surface area (Å²) in [6, 6.07) is 8.03. The molecule has 3 heterocycles. The molecule has 2 fully saturated rings. The molecule has 2 aliphatic heterocycles. The van der Waals surface area contributed by atoms with Gasteiger partial charge in [0, 0.05) is 24.0 Å². The van der Waals surface area contributed by atoms with E-state index in [4.69, 9.17) is 13.9 Å². The first-order valence-corrected chi connectivity index (χ1v) is 19.9. The van der Waals surface area contributed by atoms with Crippen molar-refractivity contribution in [2.24, 2.45) is 11.8 Å². The van der Waals surface area contributed by atoms with Gasteiger partial charge in [-0.1, -0.05) is 58.0 Å². The molecule has 0 bridgehead atoms. The van der Waals surface area contributed by atoms with Crippen LogP contribution in [0, 0.1) is 18.8 Å². The molecule has 17 nitrogen and oxygen atoms in total. The smallest absolute Gasteiger partial charge is 0.407 e. The van der Waals surface area contributed by atoms with Crippen molar-refractivity contribution in [3.63, 3.8) is 0 Å². The number of hydrogen-bond donors (Lipinski definition) is 2. The van der Waals surface area contributed by atoms with E-state index in [1.165, 1.54) is 24.0 Å². The Kier molecular flexibility index (Phi) is 14.7. The number of carbonyl (C=O) groups is 8. The number of esters is 2. The maximum Gasteiger partial charge on any atom is 0.407 e. The highest BCUT2D eigenvalue weighted by Crippen LogP contribution is 2.34. The molecule has 17 heteroatoms. The normalized spacial score (nSPS) is 17.3. The highest BCUT2D eigenvalue weighted by Gasteiger charge is 2.41. The zero-order chi connectivity index (χ0) is 43.8. The summed E-state index contributed by atoms with van der Waals surface area (Å²) in [5.74, 6) is -3.34. The predicted molar refractivity (Wildman–Crippen MR) is 215 cm³/mol. The number of alkyl carbamates (subject to hydrolysis) is 2. The molecular formula is C43H52N4O13.